The van der Waals surface area contributed by atoms with Crippen molar-refractivity contribution in [3.8, 4) is 5.75 Å². The van der Waals surface area contributed by atoms with Crippen LogP contribution in [0.25, 0.3) is 0 Å². The molecule has 0 bridgehead atoms. The van der Waals surface area contributed by atoms with Gasteiger partial charge in [0.15, 0.2) is 0 Å². The normalized spacial score (nSPS) is 12.4. The quantitative estimate of drug-likeness (QED) is 0.674. The van der Waals surface area contributed by atoms with Crippen LogP contribution in [-0.4, -0.2) is 31.5 Å². The molecule has 0 aliphatic carbocycles. The standard InChI is InChI=1S/C13H21NO3/c1-2-12(14)11-5-3-4-6-13(11)17-10-9-16-8-7-15/h3-6,12,15H,2,7-10,14H2,1H3/t12-/m1/s1. The van der Waals surface area contributed by atoms with Gasteiger partial charge in [-0.2, -0.15) is 0 Å². The summed E-state index contributed by atoms with van der Waals surface area (Å²) in [5, 5.41) is 8.55. The third-order valence-electron chi connectivity index (χ3n) is 2.48. The predicted molar refractivity (Wildman–Crippen MR) is 67.1 cm³/mol. The molecule has 1 rings (SSSR count). The second-order valence-corrected chi connectivity index (χ2v) is 3.74. The molecule has 0 saturated heterocycles. The van der Waals surface area contributed by atoms with Crippen molar-refractivity contribution in [1.29, 1.82) is 0 Å². The molecule has 0 amide bonds. The molecule has 4 nitrogen and oxygen atoms in total. The molecular weight excluding hydrogens is 218 g/mol. The fraction of sp³-hybridized carbons (Fsp3) is 0.538. The maximum Gasteiger partial charge on any atom is 0.124 e. The van der Waals surface area contributed by atoms with Gasteiger partial charge in [-0.05, 0) is 12.5 Å². The molecule has 3 N–H and O–H groups in total. The Kier molecular flexibility index (Phi) is 6.62. The van der Waals surface area contributed by atoms with Crippen LogP contribution in [0.15, 0.2) is 24.3 Å². The van der Waals surface area contributed by atoms with Crippen LogP contribution in [-0.2, 0) is 4.74 Å². The van der Waals surface area contributed by atoms with Crippen LogP contribution in [0.5, 0.6) is 5.75 Å². The number of hydrogen-bond acceptors (Lipinski definition) is 4. The zero-order valence-electron chi connectivity index (χ0n) is 10.3. The first-order valence-corrected chi connectivity index (χ1v) is 5.95. The van der Waals surface area contributed by atoms with Crippen molar-refractivity contribution in [1.82, 2.24) is 0 Å². The van der Waals surface area contributed by atoms with E-state index in [-0.39, 0.29) is 12.6 Å². The van der Waals surface area contributed by atoms with Crippen LogP contribution in [0.3, 0.4) is 0 Å². The van der Waals surface area contributed by atoms with Crippen LogP contribution in [0, 0.1) is 0 Å². The molecule has 1 atom stereocenters. The van der Waals surface area contributed by atoms with E-state index in [1.807, 2.05) is 31.2 Å². The summed E-state index contributed by atoms with van der Waals surface area (Å²) in [5.74, 6) is 0.814. The Morgan fingerprint density at radius 1 is 1.24 bits per heavy atom. The van der Waals surface area contributed by atoms with E-state index in [1.54, 1.807) is 0 Å². The first-order chi connectivity index (χ1) is 8.29. The number of hydrogen-bond donors (Lipinski definition) is 2. The molecule has 0 radical (unpaired) electrons. The van der Waals surface area contributed by atoms with Crippen LogP contribution >= 0.6 is 0 Å². The zero-order chi connectivity index (χ0) is 12.5. The molecule has 96 valence electrons. The van der Waals surface area contributed by atoms with Crippen molar-refractivity contribution in [3.63, 3.8) is 0 Å². The van der Waals surface area contributed by atoms with Gasteiger partial charge in [-0.3, -0.25) is 0 Å². The third kappa shape index (κ3) is 4.73. The number of benzene rings is 1. The van der Waals surface area contributed by atoms with Gasteiger partial charge in [-0.25, -0.2) is 0 Å². The van der Waals surface area contributed by atoms with Crippen LogP contribution in [0.2, 0.25) is 0 Å². The van der Waals surface area contributed by atoms with Gasteiger partial charge < -0.3 is 20.3 Å². The molecule has 0 aromatic heterocycles. The number of nitrogens with two attached hydrogens (primary N) is 1. The number of para-hydroxylation sites is 1. The van der Waals surface area contributed by atoms with Gasteiger partial charge in [0.2, 0.25) is 0 Å². The molecule has 0 saturated carbocycles. The SMILES string of the molecule is CC[C@@H](N)c1ccccc1OCCOCCO. The van der Waals surface area contributed by atoms with Crippen molar-refractivity contribution in [2.75, 3.05) is 26.4 Å². The van der Waals surface area contributed by atoms with E-state index in [9.17, 15) is 0 Å². The molecule has 0 heterocycles. The topological polar surface area (TPSA) is 64.7 Å². The first-order valence-electron chi connectivity index (χ1n) is 5.95. The summed E-state index contributed by atoms with van der Waals surface area (Å²) >= 11 is 0. The smallest absolute Gasteiger partial charge is 0.124 e. The lowest BCUT2D eigenvalue weighted by Gasteiger charge is -2.15. The Balaban J connectivity index is 2.46. The van der Waals surface area contributed by atoms with Crippen LogP contribution in [0.4, 0.5) is 0 Å². The van der Waals surface area contributed by atoms with Gasteiger partial charge in [-0.1, -0.05) is 25.1 Å². The minimum atomic E-state index is 0.00422. The summed E-state index contributed by atoms with van der Waals surface area (Å²) in [6.07, 6.45) is 0.876. The Hall–Kier alpha value is -1.10. The Labute approximate surface area is 102 Å². The lowest BCUT2D eigenvalue weighted by Crippen LogP contribution is -2.13. The van der Waals surface area contributed by atoms with Gasteiger partial charge in [-0.15, -0.1) is 0 Å². The lowest BCUT2D eigenvalue weighted by molar-refractivity contribution is 0.0702. The summed E-state index contributed by atoms with van der Waals surface area (Å²) in [7, 11) is 0. The van der Waals surface area contributed by atoms with Crippen molar-refractivity contribution >= 4 is 0 Å². The summed E-state index contributed by atoms with van der Waals surface area (Å²) in [5.41, 5.74) is 7.03. The maximum absolute atomic E-state index is 8.55. The minimum absolute atomic E-state index is 0.00422. The van der Waals surface area contributed by atoms with E-state index in [0.29, 0.717) is 19.8 Å². The van der Waals surface area contributed by atoms with Gasteiger partial charge in [0, 0.05) is 11.6 Å². The number of aliphatic hydroxyl groups is 1. The molecule has 1 aromatic carbocycles. The Morgan fingerprint density at radius 2 is 2.00 bits per heavy atom. The third-order valence-corrected chi connectivity index (χ3v) is 2.48. The molecule has 0 aliphatic heterocycles. The fourth-order valence-electron chi connectivity index (χ4n) is 1.52. The molecule has 0 spiro atoms. The molecule has 0 aliphatic rings. The fourth-order valence-corrected chi connectivity index (χ4v) is 1.52. The number of rotatable bonds is 8. The van der Waals surface area contributed by atoms with Gasteiger partial charge in [0.25, 0.3) is 0 Å². The molecule has 0 unspecified atom stereocenters. The lowest BCUT2D eigenvalue weighted by atomic mass is 10.0. The highest BCUT2D eigenvalue weighted by Gasteiger charge is 2.09. The van der Waals surface area contributed by atoms with Crippen molar-refractivity contribution in [2.24, 2.45) is 5.73 Å². The zero-order valence-corrected chi connectivity index (χ0v) is 10.3. The van der Waals surface area contributed by atoms with E-state index in [2.05, 4.69) is 0 Å². The first kappa shape index (κ1) is 14.0. The average Bonchev–Trinajstić information content (AvgIpc) is 2.38. The van der Waals surface area contributed by atoms with Crippen LogP contribution in [0.1, 0.15) is 24.9 Å². The highest BCUT2D eigenvalue weighted by Crippen LogP contribution is 2.25. The number of aliphatic hydroxyl groups excluding tert-OH is 1. The van der Waals surface area contributed by atoms with Crippen molar-refractivity contribution in [3.05, 3.63) is 29.8 Å². The molecular formula is C13H21NO3. The van der Waals surface area contributed by atoms with E-state index in [4.69, 9.17) is 20.3 Å². The Bertz CT molecular complexity index is 317. The van der Waals surface area contributed by atoms with E-state index < -0.39 is 0 Å². The van der Waals surface area contributed by atoms with Crippen molar-refractivity contribution in [2.45, 2.75) is 19.4 Å². The van der Waals surface area contributed by atoms with Gasteiger partial charge in [0.05, 0.1) is 19.8 Å². The monoisotopic (exact) mass is 239 g/mol. The van der Waals surface area contributed by atoms with Crippen molar-refractivity contribution < 1.29 is 14.6 Å². The predicted octanol–water partition coefficient (Wildman–Crippen LogP) is 1.48. The summed E-state index contributed by atoms with van der Waals surface area (Å²) < 4.78 is 10.7. The maximum atomic E-state index is 8.55. The second kappa shape index (κ2) is 8.06. The summed E-state index contributed by atoms with van der Waals surface area (Å²) in [6.45, 7) is 3.37. The highest BCUT2D eigenvalue weighted by molar-refractivity contribution is 5.35. The van der Waals surface area contributed by atoms with E-state index >= 15 is 0 Å². The average molecular weight is 239 g/mol. The van der Waals surface area contributed by atoms with Crippen LogP contribution < -0.4 is 10.5 Å². The molecule has 4 heteroatoms. The molecule has 17 heavy (non-hydrogen) atoms. The highest BCUT2D eigenvalue weighted by atomic mass is 16.5. The van der Waals surface area contributed by atoms with E-state index in [1.165, 1.54) is 0 Å². The molecule has 0 fully saturated rings. The van der Waals surface area contributed by atoms with Gasteiger partial charge >= 0.3 is 0 Å². The Morgan fingerprint density at radius 3 is 2.71 bits per heavy atom. The number of ether oxygens (including phenoxy) is 2. The summed E-state index contributed by atoms with van der Waals surface area (Å²) in [6, 6.07) is 7.79. The second-order valence-electron chi connectivity index (χ2n) is 3.74. The van der Waals surface area contributed by atoms with Gasteiger partial charge in [0.1, 0.15) is 12.4 Å². The minimum Gasteiger partial charge on any atom is -0.491 e. The largest absolute Gasteiger partial charge is 0.491 e. The van der Waals surface area contributed by atoms with E-state index in [0.717, 1.165) is 17.7 Å². The summed E-state index contributed by atoms with van der Waals surface area (Å²) in [4.78, 5) is 0. The molecule has 1 aromatic rings.